The fourth-order valence-electron chi connectivity index (χ4n) is 4.10. The molecule has 0 radical (unpaired) electrons. The van der Waals surface area contributed by atoms with Crippen molar-refractivity contribution in [2.75, 3.05) is 5.32 Å². The number of aryl methyl sites for hydroxylation is 1. The van der Waals surface area contributed by atoms with Crippen LogP contribution in [0.1, 0.15) is 40.6 Å². The summed E-state index contributed by atoms with van der Waals surface area (Å²) in [7, 11) is 0. The zero-order valence-corrected chi connectivity index (χ0v) is 19.3. The highest BCUT2D eigenvalue weighted by Crippen LogP contribution is 2.35. The molecule has 0 bridgehead atoms. The SMILES string of the molecule is Cc1nc(NC(=O)C2CCC(=O)c3cccn32)sc1-c1ccc(OCc2ccccc2)c(F)c1. The van der Waals surface area contributed by atoms with Crippen molar-refractivity contribution in [3.8, 4) is 16.2 Å². The van der Waals surface area contributed by atoms with Gasteiger partial charge in [0.05, 0.1) is 16.3 Å². The summed E-state index contributed by atoms with van der Waals surface area (Å²) in [5.74, 6) is -0.461. The van der Waals surface area contributed by atoms with Gasteiger partial charge in [0.2, 0.25) is 5.91 Å². The first-order chi connectivity index (χ1) is 16.5. The molecule has 1 unspecified atom stereocenters. The van der Waals surface area contributed by atoms with E-state index < -0.39 is 11.9 Å². The molecule has 6 nitrogen and oxygen atoms in total. The number of anilines is 1. The maximum absolute atomic E-state index is 14.7. The summed E-state index contributed by atoms with van der Waals surface area (Å²) in [5.41, 5.74) is 2.86. The van der Waals surface area contributed by atoms with Crippen LogP contribution in [0.15, 0.2) is 66.9 Å². The number of carbonyl (C=O) groups is 2. The van der Waals surface area contributed by atoms with Crippen LogP contribution in [0, 0.1) is 12.7 Å². The topological polar surface area (TPSA) is 73.2 Å². The number of rotatable bonds is 6. The number of Topliss-reactive ketones (excluding diaryl/α,β-unsaturated/α-hetero) is 1. The van der Waals surface area contributed by atoms with E-state index in [1.807, 2.05) is 37.3 Å². The van der Waals surface area contributed by atoms with Gasteiger partial charge in [0.25, 0.3) is 0 Å². The van der Waals surface area contributed by atoms with Crippen LogP contribution < -0.4 is 10.1 Å². The van der Waals surface area contributed by atoms with Gasteiger partial charge in [-0.3, -0.25) is 9.59 Å². The lowest BCUT2D eigenvalue weighted by Crippen LogP contribution is -2.31. The molecular formula is C26H22FN3O3S. The summed E-state index contributed by atoms with van der Waals surface area (Å²) in [6, 6.07) is 17.4. The van der Waals surface area contributed by atoms with Gasteiger partial charge in [0, 0.05) is 12.6 Å². The number of fused-ring (bicyclic) bond motifs is 1. The van der Waals surface area contributed by atoms with Crippen molar-refractivity contribution in [3.63, 3.8) is 0 Å². The smallest absolute Gasteiger partial charge is 0.249 e. The summed E-state index contributed by atoms with van der Waals surface area (Å²) < 4.78 is 22.1. The molecule has 1 aliphatic rings. The maximum atomic E-state index is 14.7. The Hall–Kier alpha value is -3.78. The van der Waals surface area contributed by atoms with E-state index in [1.165, 1.54) is 17.4 Å². The number of ether oxygens (including phenoxy) is 1. The number of amides is 1. The molecule has 1 atom stereocenters. The number of thiazole rings is 1. The standard InChI is InChI=1S/C26H22FN3O3S/c1-16-24(18-9-12-23(19(27)14-18)33-15-17-6-3-2-4-7-17)34-26(28-16)29-25(32)21-10-11-22(31)20-8-5-13-30(20)21/h2-9,12-14,21H,10-11,15H2,1H3,(H,28,29,32). The van der Waals surface area contributed by atoms with Crippen molar-refractivity contribution in [1.82, 2.24) is 9.55 Å². The number of aromatic nitrogens is 2. The van der Waals surface area contributed by atoms with Gasteiger partial charge in [-0.25, -0.2) is 9.37 Å². The fourth-order valence-corrected chi connectivity index (χ4v) is 5.06. The molecular weight excluding hydrogens is 453 g/mol. The van der Waals surface area contributed by atoms with Crippen LogP contribution in [0.2, 0.25) is 0 Å². The van der Waals surface area contributed by atoms with E-state index in [2.05, 4.69) is 10.3 Å². The fraction of sp³-hybridized carbons (Fsp3) is 0.192. The molecule has 8 heteroatoms. The maximum Gasteiger partial charge on any atom is 0.249 e. The first-order valence-electron chi connectivity index (χ1n) is 10.9. The molecule has 0 fully saturated rings. The van der Waals surface area contributed by atoms with Crippen LogP contribution in [0.4, 0.5) is 9.52 Å². The normalized spacial score (nSPS) is 15.1. The number of nitrogens with zero attached hydrogens (tertiary/aromatic N) is 2. The molecule has 4 aromatic rings. The molecule has 2 aromatic carbocycles. The Bertz CT molecular complexity index is 1360. The lowest BCUT2D eigenvalue weighted by Gasteiger charge is -2.24. The number of hydrogen-bond acceptors (Lipinski definition) is 5. The van der Waals surface area contributed by atoms with E-state index >= 15 is 0 Å². The van der Waals surface area contributed by atoms with Gasteiger partial charge in [0.1, 0.15) is 12.6 Å². The molecule has 0 spiro atoms. The minimum Gasteiger partial charge on any atom is -0.486 e. The van der Waals surface area contributed by atoms with Gasteiger partial charge < -0.3 is 14.6 Å². The first-order valence-corrected chi connectivity index (χ1v) is 11.8. The highest BCUT2D eigenvalue weighted by molar-refractivity contribution is 7.19. The molecule has 1 amide bonds. The van der Waals surface area contributed by atoms with Crippen LogP contribution in [0.3, 0.4) is 0 Å². The zero-order valence-electron chi connectivity index (χ0n) is 18.5. The Morgan fingerprint density at radius 2 is 2.03 bits per heavy atom. The third kappa shape index (κ3) is 4.36. The van der Waals surface area contributed by atoms with Gasteiger partial charge in [-0.2, -0.15) is 0 Å². The Balaban J connectivity index is 1.30. The molecule has 5 rings (SSSR count). The van der Waals surface area contributed by atoms with Crippen LogP contribution >= 0.6 is 11.3 Å². The van der Waals surface area contributed by atoms with Crippen molar-refractivity contribution in [3.05, 3.63) is 89.6 Å². The Labute approximate surface area is 200 Å². The molecule has 1 N–H and O–H groups in total. The molecule has 0 saturated heterocycles. The summed E-state index contributed by atoms with van der Waals surface area (Å²) in [6.45, 7) is 2.10. The molecule has 34 heavy (non-hydrogen) atoms. The highest BCUT2D eigenvalue weighted by atomic mass is 32.1. The molecule has 0 saturated carbocycles. The van der Waals surface area contributed by atoms with Gasteiger partial charge in [-0.1, -0.05) is 41.7 Å². The van der Waals surface area contributed by atoms with E-state index in [0.29, 0.717) is 34.9 Å². The van der Waals surface area contributed by atoms with Crippen LogP contribution in [-0.2, 0) is 11.4 Å². The second-order valence-corrected chi connectivity index (χ2v) is 9.12. The summed E-state index contributed by atoms with van der Waals surface area (Å²) >= 11 is 1.29. The quantitative estimate of drug-likeness (QED) is 0.383. The molecule has 2 aromatic heterocycles. The number of benzene rings is 2. The molecule has 1 aliphatic heterocycles. The summed E-state index contributed by atoms with van der Waals surface area (Å²) in [4.78, 5) is 30.2. The third-order valence-electron chi connectivity index (χ3n) is 5.81. The zero-order chi connectivity index (χ0) is 23.7. The van der Waals surface area contributed by atoms with Crippen molar-refractivity contribution in [1.29, 1.82) is 0 Å². The lowest BCUT2D eigenvalue weighted by molar-refractivity contribution is -0.119. The largest absolute Gasteiger partial charge is 0.486 e. The van der Waals surface area contributed by atoms with Crippen molar-refractivity contribution >= 4 is 28.2 Å². The monoisotopic (exact) mass is 475 g/mol. The Morgan fingerprint density at radius 1 is 1.21 bits per heavy atom. The van der Waals surface area contributed by atoms with E-state index in [1.54, 1.807) is 35.0 Å². The van der Waals surface area contributed by atoms with Crippen LogP contribution in [0.5, 0.6) is 5.75 Å². The van der Waals surface area contributed by atoms with Gasteiger partial charge in [0.15, 0.2) is 22.5 Å². The van der Waals surface area contributed by atoms with Crippen molar-refractivity contribution in [2.45, 2.75) is 32.4 Å². The minimum absolute atomic E-state index is 0.0413. The van der Waals surface area contributed by atoms with E-state index in [9.17, 15) is 14.0 Å². The number of nitrogens with one attached hydrogen (secondary N) is 1. The van der Waals surface area contributed by atoms with E-state index in [4.69, 9.17) is 4.74 Å². The second kappa shape index (κ2) is 9.23. The predicted octanol–water partition coefficient (Wildman–Crippen LogP) is 5.79. The first kappa shape index (κ1) is 22.0. The average molecular weight is 476 g/mol. The predicted molar refractivity (Wildman–Crippen MR) is 129 cm³/mol. The molecule has 3 heterocycles. The minimum atomic E-state index is -0.464. The summed E-state index contributed by atoms with van der Waals surface area (Å²) in [5, 5.41) is 3.31. The van der Waals surface area contributed by atoms with Crippen molar-refractivity contribution < 1.29 is 18.7 Å². The molecule has 172 valence electrons. The highest BCUT2D eigenvalue weighted by Gasteiger charge is 2.30. The van der Waals surface area contributed by atoms with E-state index in [-0.39, 0.29) is 24.0 Å². The second-order valence-electron chi connectivity index (χ2n) is 8.12. The van der Waals surface area contributed by atoms with E-state index in [0.717, 1.165) is 10.4 Å². The molecule has 0 aliphatic carbocycles. The van der Waals surface area contributed by atoms with Gasteiger partial charge in [-0.05, 0) is 54.8 Å². The Kier molecular flexibility index (Phi) is 5.98. The third-order valence-corrected chi connectivity index (χ3v) is 6.93. The van der Waals surface area contributed by atoms with Crippen LogP contribution in [-0.4, -0.2) is 21.2 Å². The lowest BCUT2D eigenvalue weighted by atomic mass is 10.0. The van der Waals surface area contributed by atoms with Crippen LogP contribution in [0.25, 0.3) is 10.4 Å². The van der Waals surface area contributed by atoms with Gasteiger partial charge >= 0.3 is 0 Å². The number of ketones is 1. The summed E-state index contributed by atoms with van der Waals surface area (Å²) in [6.07, 6.45) is 2.53. The number of hydrogen-bond donors (Lipinski definition) is 1. The number of carbonyl (C=O) groups excluding carboxylic acids is 2. The Morgan fingerprint density at radius 3 is 2.82 bits per heavy atom. The number of halogens is 1. The van der Waals surface area contributed by atoms with Gasteiger partial charge in [-0.15, -0.1) is 0 Å². The van der Waals surface area contributed by atoms with Crippen molar-refractivity contribution in [2.24, 2.45) is 0 Å². The average Bonchev–Trinajstić information content (AvgIpc) is 3.46.